The van der Waals surface area contributed by atoms with E-state index >= 15 is 0 Å². The number of Topliss-reactive ketones (excluding diaryl/α,β-unsaturated/α-hetero) is 1. The van der Waals surface area contributed by atoms with Gasteiger partial charge in [-0.25, -0.2) is 4.79 Å². The predicted octanol–water partition coefficient (Wildman–Crippen LogP) is 4.32. The Morgan fingerprint density at radius 2 is 1.69 bits per heavy atom. The van der Waals surface area contributed by atoms with Crippen molar-refractivity contribution in [3.8, 4) is 11.1 Å². The van der Waals surface area contributed by atoms with E-state index in [4.69, 9.17) is 5.73 Å². The second-order valence-electron chi connectivity index (χ2n) is 10.7. The third-order valence-electron chi connectivity index (χ3n) is 6.79. The molecule has 3 aromatic carbocycles. The van der Waals surface area contributed by atoms with Crippen LogP contribution in [0, 0.1) is 0 Å². The molecule has 3 aromatic rings. The molecule has 1 atom stereocenters. The first-order valence-electron chi connectivity index (χ1n) is 13.1. The lowest BCUT2D eigenvalue weighted by molar-refractivity contribution is -0.131. The normalized spacial score (nSPS) is 16.9. The molecule has 0 bridgehead atoms. The number of ketones is 1. The van der Waals surface area contributed by atoms with E-state index in [-0.39, 0.29) is 24.5 Å². The van der Waals surface area contributed by atoms with Crippen LogP contribution in [0.2, 0.25) is 0 Å². The topological polar surface area (TPSA) is 123 Å². The number of benzene rings is 3. The first-order valence-corrected chi connectivity index (χ1v) is 13.1. The molecule has 1 aliphatic heterocycles. The Hall–Kier alpha value is -4.17. The summed E-state index contributed by atoms with van der Waals surface area (Å²) in [5.74, 6) is -0.364. The van der Waals surface area contributed by atoms with E-state index in [9.17, 15) is 14.4 Å². The highest BCUT2D eigenvalue weighted by atomic mass is 16.5. The van der Waals surface area contributed by atoms with Crippen LogP contribution < -0.4 is 21.7 Å². The molecule has 1 heterocycles. The molecule has 4 rings (SSSR count). The van der Waals surface area contributed by atoms with E-state index in [1.807, 2.05) is 72.8 Å². The first kappa shape index (κ1) is 27.9. The summed E-state index contributed by atoms with van der Waals surface area (Å²) in [5.41, 5.74) is 9.74. The summed E-state index contributed by atoms with van der Waals surface area (Å²) in [4.78, 5) is 38.3. The second kappa shape index (κ2) is 11.7. The van der Waals surface area contributed by atoms with Crippen molar-refractivity contribution in [1.29, 1.82) is 0 Å². The molecule has 0 radical (unpaired) electrons. The molecule has 8 nitrogen and oxygen atoms in total. The highest BCUT2D eigenvalue weighted by molar-refractivity contribution is 5.97. The Morgan fingerprint density at radius 1 is 1.00 bits per heavy atom. The average Bonchev–Trinajstić information content (AvgIpc) is 3.03. The van der Waals surface area contributed by atoms with Crippen molar-refractivity contribution in [2.45, 2.75) is 57.3 Å². The predicted molar refractivity (Wildman–Crippen MR) is 152 cm³/mol. The molecular formula is C31H36N4O4. The van der Waals surface area contributed by atoms with Crippen molar-refractivity contribution in [3.05, 3.63) is 89.5 Å². The summed E-state index contributed by atoms with van der Waals surface area (Å²) < 4.78 is 4.69. The number of carbonyl (C=O) groups excluding carboxylic acids is 3. The number of alkyl carbamates (subject to hydrolysis) is 1. The van der Waals surface area contributed by atoms with E-state index in [1.165, 1.54) is 7.11 Å². The number of nitrogens with one attached hydrogen (secondary N) is 3. The van der Waals surface area contributed by atoms with Gasteiger partial charge < -0.3 is 26.4 Å². The number of anilines is 1. The van der Waals surface area contributed by atoms with Crippen molar-refractivity contribution in [2.75, 3.05) is 12.4 Å². The SMILES string of the molecule is COC(=O)NCc1ccccc1-c1ccc(C[C@]2(NC(=O)CC(C)(C)N)Nc3ccccc3CCC2=O)cc1. The van der Waals surface area contributed by atoms with E-state index in [0.29, 0.717) is 19.4 Å². The fourth-order valence-electron chi connectivity index (χ4n) is 4.91. The van der Waals surface area contributed by atoms with Crippen LogP contribution in [0.3, 0.4) is 0 Å². The smallest absolute Gasteiger partial charge is 0.407 e. The van der Waals surface area contributed by atoms with Gasteiger partial charge in [0.1, 0.15) is 0 Å². The second-order valence-corrected chi connectivity index (χ2v) is 10.7. The molecular weight excluding hydrogens is 492 g/mol. The summed E-state index contributed by atoms with van der Waals surface area (Å²) in [6, 6.07) is 23.5. The monoisotopic (exact) mass is 528 g/mol. The van der Waals surface area contributed by atoms with Gasteiger partial charge in [-0.2, -0.15) is 0 Å². The van der Waals surface area contributed by atoms with Crippen LogP contribution in [-0.2, 0) is 33.7 Å². The van der Waals surface area contributed by atoms with E-state index in [0.717, 1.165) is 33.5 Å². The zero-order valence-electron chi connectivity index (χ0n) is 22.7. The fourth-order valence-corrected chi connectivity index (χ4v) is 4.91. The van der Waals surface area contributed by atoms with Crippen LogP contribution in [0.15, 0.2) is 72.8 Å². The maximum Gasteiger partial charge on any atom is 0.407 e. The highest BCUT2D eigenvalue weighted by Gasteiger charge is 2.42. The van der Waals surface area contributed by atoms with Gasteiger partial charge in [0.25, 0.3) is 0 Å². The number of methoxy groups -OCH3 is 1. The van der Waals surface area contributed by atoms with E-state index in [1.54, 1.807) is 13.8 Å². The molecule has 0 aliphatic carbocycles. The minimum atomic E-state index is -1.31. The van der Waals surface area contributed by atoms with Gasteiger partial charge >= 0.3 is 6.09 Å². The molecule has 0 unspecified atom stereocenters. The zero-order valence-corrected chi connectivity index (χ0v) is 22.7. The Morgan fingerprint density at radius 3 is 2.41 bits per heavy atom. The first-order chi connectivity index (χ1) is 18.6. The maximum absolute atomic E-state index is 13.6. The summed E-state index contributed by atoms with van der Waals surface area (Å²) >= 11 is 0. The zero-order chi connectivity index (χ0) is 28.0. The van der Waals surface area contributed by atoms with Crippen LogP contribution in [0.1, 0.15) is 43.4 Å². The van der Waals surface area contributed by atoms with Crippen LogP contribution in [-0.4, -0.2) is 36.1 Å². The molecule has 204 valence electrons. The Labute approximate surface area is 229 Å². The van der Waals surface area contributed by atoms with Crippen LogP contribution in [0.25, 0.3) is 11.1 Å². The van der Waals surface area contributed by atoms with Crippen molar-refractivity contribution >= 4 is 23.5 Å². The number of carbonyl (C=O) groups is 3. The number of amides is 2. The summed E-state index contributed by atoms with van der Waals surface area (Å²) in [6.07, 6.45) is 0.753. The number of hydrogen-bond donors (Lipinski definition) is 4. The number of para-hydroxylation sites is 1. The number of aryl methyl sites for hydroxylation is 1. The molecule has 0 fully saturated rings. The largest absolute Gasteiger partial charge is 0.453 e. The molecule has 39 heavy (non-hydrogen) atoms. The number of fused-ring (bicyclic) bond motifs is 1. The molecule has 0 aromatic heterocycles. The van der Waals surface area contributed by atoms with Crippen molar-refractivity contribution in [1.82, 2.24) is 10.6 Å². The van der Waals surface area contributed by atoms with Gasteiger partial charge in [-0.15, -0.1) is 0 Å². The van der Waals surface area contributed by atoms with Crippen molar-refractivity contribution in [3.63, 3.8) is 0 Å². The summed E-state index contributed by atoms with van der Waals surface area (Å²) in [5, 5.41) is 9.15. The molecule has 5 N–H and O–H groups in total. The number of nitrogens with two attached hydrogens (primary N) is 1. The molecule has 2 amide bonds. The van der Waals surface area contributed by atoms with E-state index < -0.39 is 17.3 Å². The molecule has 0 saturated carbocycles. The third kappa shape index (κ3) is 7.03. The van der Waals surface area contributed by atoms with Gasteiger partial charge in [0.05, 0.1) is 7.11 Å². The molecule has 1 aliphatic rings. The fraction of sp³-hybridized carbons (Fsp3) is 0.323. The van der Waals surface area contributed by atoms with Crippen LogP contribution >= 0.6 is 0 Å². The Kier molecular flexibility index (Phi) is 8.35. The minimum Gasteiger partial charge on any atom is -0.453 e. The van der Waals surface area contributed by atoms with Crippen LogP contribution in [0.5, 0.6) is 0 Å². The van der Waals surface area contributed by atoms with Crippen molar-refractivity contribution in [2.24, 2.45) is 5.73 Å². The highest BCUT2D eigenvalue weighted by Crippen LogP contribution is 2.30. The summed E-state index contributed by atoms with van der Waals surface area (Å²) in [6.45, 7) is 3.90. The lowest BCUT2D eigenvalue weighted by Crippen LogP contribution is -2.62. The van der Waals surface area contributed by atoms with Crippen molar-refractivity contribution < 1.29 is 19.1 Å². The summed E-state index contributed by atoms with van der Waals surface area (Å²) in [7, 11) is 1.33. The number of hydrogen-bond acceptors (Lipinski definition) is 6. The van der Waals surface area contributed by atoms with Gasteiger partial charge in [-0.3, -0.25) is 9.59 Å². The Balaban J connectivity index is 1.63. The Bertz CT molecular complexity index is 1350. The lowest BCUT2D eigenvalue weighted by Gasteiger charge is -2.35. The molecule has 0 saturated heterocycles. The lowest BCUT2D eigenvalue weighted by atomic mass is 9.90. The van der Waals surface area contributed by atoms with Gasteiger partial charge in [0.15, 0.2) is 11.4 Å². The standard InChI is InChI=1S/C31H36N4O4/c1-30(2,32)19-28(37)35-31(27(36)17-16-23-8-5-7-11-26(23)34-31)18-21-12-14-22(15-13-21)25-10-6-4-9-24(25)20-33-29(38)39-3/h4-15,34H,16-20,32H2,1-3H3,(H,33,38)(H,35,37)/t31-/m1/s1. The van der Waals surface area contributed by atoms with E-state index in [2.05, 4.69) is 20.7 Å². The number of ether oxygens (including phenoxy) is 1. The minimum absolute atomic E-state index is 0.0785. The van der Waals surface area contributed by atoms with Gasteiger partial charge in [-0.05, 0) is 54.2 Å². The van der Waals surface area contributed by atoms with Gasteiger partial charge in [0, 0.05) is 37.0 Å². The average molecular weight is 529 g/mol. The quantitative estimate of drug-likeness (QED) is 0.345. The maximum atomic E-state index is 13.6. The number of rotatable bonds is 8. The molecule has 0 spiro atoms. The van der Waals surface area contributed by atoms with Gasteiger partial charge in [-0.1, -0.05) is 66.7 Å². The van der Waals surface area contributed by atoms with Gasteiger partial charge in [0.2, 0.25) is 5.91 Å². The molecule has 8 heteroatoms. The van der Waals surface area contributed by atoms with Crippen LogP contribution in [0.4, 0.5) is 10.5 Å². The third-order valence-corrected chi connectivity index (χ3v) is 6.79.